The minimum atomic E-state index is -4.42. The number of carbonyl (C=O) groups excluding carboxylic acids is 1. The first kappa shape index (κ1) is 19.2. The molecule has 1 aromatic carbocycles. The minimum absolute atomic E-state index is 0.0626. The van der Waals surface area contributed by atoms with Crippen molar-refractivity contribution in [2.75, 3.05) is 5.32 Å². The van der Waals surface area contributed by atoms with Gasteiger partial charge < -0.3 is 5.32 Å². The average molecular weight is 390 g/mol. The highest BCUT2D eigenvalue weighted by atomic mass is 32.2. The van der Waals surface area contributed by atoms with Crippen LogP contribution in [0.3, 0.4) is 0 Å². The van der Waals surface area contributed by atoms with Crippen molar-refractivity contribution in [3.05, 3.63) is 23.8 Å². The van der Waals surface area contributed by atoms with Crippen LogP contribution >= 0.6 is 0 Å². The zero-order chi connectivity index (χ0) is 18.9. The Balaban J connectivity index is 1.84. The predicted octanol–water partition coefficient (Wildman–Crippen LogP) is 3.36. The van der Waals surface area contributed by atoms with Crippen LogP contribution < -0.4 is 10.0 Å². The number of fused-ring (bicyclic) bond motifs is 1. The van der Waals surface area contributed by atoms with E-state index in [9.17, 15) is 26.4 Å². The third-order valence-electron chi connectivity index (χ3n) is 5.00. The molecule has 0 unspecified atom stereocenters. The number of amides is 1. The lowest BCUT2D eigenvalue weighted by atomic mass is 9.85. The van der Waals surface area contributed by atoms with Crippen LogP contribution in [0.1, 0.15) is 44.1 Å². The topological polar surface area (TPSA) is 75.3 Å². The first-order valence-electron chi connectivity index (χ1n) is 8.68. The van der Waals surface area contributed by atoms with Crippen molar-refractivity contribution >= 4 is 21.6 Å². The Morgan fingerprint density at radius 2 is 1.81 bits per heavy atom. The van der Waals surface area contributed by atoms with Crippen LogP contribution in [0.15, 0.2) is 23.1 Å². The van der Waals surface area contributed by atoms with Crippen LogP contribution in [0.2, 0.25) is 0 Å². The molecule has 9 heteroatoms. The lowest BCUT2D eigenvalue weighted by molar-refractivity contribution is -0.187. The highest BCUT2D eigenvalue weighted by Gasteiger charge is 2.46. The summed E-state index contributed by atoms with van der Waals surface area (Å²) < 4.78 is 67.2. The summed E-state index contributed by atoms with van der Waals surface area (Å²) in [5, 5.41) is 2.71. The Morgan fingerprint density at radius 1 is 1.08 bits per heavy atom. The van der Waals surface area contributed by atoms with Gasteiger partial charge >= 0.3 is 6.18 Å². The van der Waals surface area contributed by atoms with Gasteiger partial charge in [0.2, 0.25) is 15.9 Å². The fraction of sp³-hybridized carbons (Fsp3) is 0.588. The van der Waals surface area contributed by atoms with Crippen LogP contribution in [0.5, 0.6) is 0 Å². The molecular weight excluding hydrogens is 369 g/mol. The number of benzene rings is 1. The molecule has 2 atom stereocenters. The first-order chi connectivity index (χ1) is 12.2. The molecule has 1 saturated carbocycles. The summed E-state index contributed by atoms with van der Waals surface area (Å²) in [6.07, 6.45) is -1.83. The van der Waals surface area contributed by atoms with Crippen molar-refractivity contribution in [1.82, 2.24) is 4.72 Å². The van der Waals surface area contributed by atoms with E-state index in [1.165, 1.54) is 18.2 Å². The fourth-order valence-electron chi connectivity index (χ4n) is 3.65. The molecular formula is C17H21F3N2O3S. The van der Waals surface area contributed by atoms with Crippen LogP contribution in [0.25, 0.3) is 0 Å². The molecule has 1 aromatic rings. The van der Waals surface area contributed by atoms with Crippen LogP contribution in [-0.4, -0.2) is 26.5 Å². The van der Waals surface area contributed by atoms with Crippen LogP contribution in [-0.2, 0) is 21.2 Å². The molecule has 0 bridgehead atoms. The van der Waals surface area contributed by atoms with Crippen molar-refractivity contribution in [1.29, 1.82) is 0 Å². The van der Waals surface area contributed by atoms with Gasteiger partial charge in [-0.15, -0.1) is 0 Å². The van der Waals surface area contributed by atoms with E-state index >= 15 is 0 Å². The fourth-order valence-corrected chi connectivity index (χ4v) is 5.01. The Bertz CT molecular complexity index is 793. The second-order valence-corrected chi connectivity index (χ2v) is 8.60. The molecule has 1 heterocycles. The number of hydrogen-bond donors (Lipinski definition) is 2. The molecule has 1 amide bonds. The molecule has 0 radical (unpaired) electrons. The predicted molar refractivity (Wildman–Crippen MR) is 90.1 cm³/mol. The molecule has 0 saturated heterocycles. The van der Waals surface area contributed by atoms with E-state index in [0.29, 0.717) is 43.4 Å². The lowest BCUT2D eigenvalue weighted by Gasteiger charge is -2.33. The average Bonchev–Trinajstić information content (AvgIpc) is 2.73. The van der Waals surface area contributed by atoms with Crippen LogP contribution in [0.4, 0.5) is 18.9 Å². The molecule has 2 N–H and O–H groups in total. The maximum atomic E-state index is 13.2. The summed E-state index contributed by atoms with van der Waals surface area (Å²) in [5.74, 6) is -1.79. The minimum Gasteiger partial charge on any atom is -0.326 e. The number of anilines is 1. The van der Waals surface area contributed by atoms with Gasteiger partial charge in [0.15, 0.2) is 0 Å². The van der Waals surface area contributed by atoms with E-state index in [-0.39, 0.29) is 23.6 Å². The van der Waals surface area contributed by atoms with Crippen molar-refractivity contribution in [2.24, 2.45) is 5.92 Å². The molecule has 1 aliphatic carbocycles. The summed E-state index contributed by atoms with van der Waals surface area (Å²) in [5.41, 5.74) is 1.23. The number of alkyl halides is 3. The molecule has 26 heavy (non-hydrogen) atoms. The van der Waals surface area contributed by atoms with Crippen molar-refractivity contribution in [3.63, 3.8) is 0 Å². The number of carbonyl (C=O) groups is 1. The first-order valence-corrected chi connectivity index (χ1v) is 10.2. The van der Waals surface area contributed by atoms with Gasteiger partial charge in [-0.25, -0.2) is 13.1 Å². The van der Waals surface area contributed by atoms with Gasteiger partial charge in [0, 0.05) is 18.2 Å². The van der Waals surface area contributed by atoms with Crippen molar-refractivity contribution in [3.8, 4) is 0 Å². The van der Waals surface area contributed by atoms with E-state index in [2.05, 4.69) is 10.0 Å². The molecule has 144 valence electrons. The van der Waals surface area contributed by atoms with Gasteiger partial charge in [-0.2, -0.15) is 13.2 Å². The van der Waals surface area contributed by atoms with E-state index in [4.69, 9.17) is 0 Å². The van der Waals surface area contributed by atoms with Gasteiger partial charge in [0.1, 0.15) is 0 Å². The zero-order valence-electron chi connectivity index (χ0n) is 14.1. The van der Waals surface area contributed by atoms with Crippen molar-refractivity contribution < 1.29 is 26.4 Å². The molecule has 5 nitrogen and oxygen atoms in total. The Morgan fingerprint density at radius 3 is 2.54 bits per heavy atom. The molecule has 3 rings (SSSR count). The second-order valence-electron chi connectivity index (χ2n) is 6.88. The Kier molecular flexibility index (Phi) is 5.30. The highest BCUT2D eigenvalue weighted by molar-refractivity contribution is 7.89. The Labute approximate surface area is 150 Å². The molecule has 1 fully saturated rings. The number of halogens is 3. The van der Waals surface area contributed by atoms with E-state index < -0.39 is 28.2 Å². The molecule has 2 aliphatic rings. The summed E-state index contributed by atoms with van der Waals surface area (Å²) in [4.78, 5) is 11.5. The standard InChI is InChI=1S/C17H21F3N2O3S/c18-17(19,20)13-5-1-2-6-15(13)22-26(24,25)12-8-9-14-11(10-12)4-3-7-16(23)21-14/h8-10,13,15,22H,1-7H2,(H,21,23)/t13-,15+/m1/s1. The largest absolute Gasteiger partial charge is 0.393 e. The molecule has 0 spiro atoms. The summed E-state index contributed by atoms with van der Waals surface area (Å²) in [7, 11) is -4.07. The number of aryl methyl sites for hydroxylation is 1. The number of sulfonamides is 1. The maximum Gasteiger partial charge on any atom is 0.393 e. The Hall–Kier alpha value is -1.61. The smallest absolute Gasteiger partial charge is 0.326 e. The number of hydrogen-bond acceptors (Lipinski definition) is 3. The summed E-state index contributed by atoms with van der Waals surface area (Å²) in [6, 6.07) is 3.11. The number of nitrogens with one attached hydrogen (secondary N) is 2. The van der Waals surface area contributed by atoms with Gasteiger partial charge in [-0.05, 0) is 49.4 Å². The quantitative estimate of drug-likeness (QED) is 0.831. The normalized spacial score (nSPS) is 24.5. The van der Waals surface area contributed by atoms with Gasteiger partial charge in [0.05, 0.1) is 10.8 Å². The lowest BCUT2D eigenvalue weighted by Crippen LogP contribution is -2.47. The van der Waals surface area contributed by atoms with Gasteiger partial charge in [0.25, 0.3) is 0 Å². The van der Waals surface area contributed by atoms with Gasteiger partial charge in [-0.1, -0.05) is 12.8 Å². The molecule has 1 aliphatic heterocycles. The third kappa shape index (κ3) is 4.20. The van der Waals surface area contributed by atoms with E-state index in [1.54, 1.807) is 0 Å². The monoisotopic (exact) mass is 390 g/mol. The van der Waals surface area contributed by atoms with Crippen molar-refractivity contribution in [2.45, 2.75) is 62.1 Å². The number of rotatable bonds is 3. The highest BCUT2D eigenvalue weighted by Crippen LogP contribution is 2.38. The van der Waals surface area contributed by atoms with Crippen LogP contribution in [0, 0.1) is 5.92 Å². The second kappa shape index (κ2) is 7.19. The zero-order valence-corrected chi connectivity index (χ0v) is 14.9. The molecule has 0 aromatic heterocycles. The SMILES string of the molecule is O=C1CCCc2cc(S(=O)(=O)N[C@H]3CCCC[C@H]3C(F)(F)F)ccc2N1. The third-order valence-corrected chi connectivity index (χ3v) is 6.49. The summed E-state index contributed by atoms with van der Waals surface area (Å²) >= 11 is 0. The maximum absolute atomic E-state index is 13.2. The van der Waals surface area contributed by atoms with E-state index in [0.717, 1.165) is 0 Å². The van der Waals surface area contributed by atoms with E-state index in [1.807, 2.05) is 0 Å². The summed E-state index contributed by atoms with van der Waals surface area (Å²) in [6.45, 7) is 0. The van der Waals surface area contributed by atoms with Gasteiger partial charge in [-0.3, -0.25) is 4.79 Å².